The van der Waals surface area contributed by atoms with E-state index in [1.165, 1.54) is 289 Å². The summed E-state index contributed by atoms with van der Waals surface area (Å²) < 4.78 is 17.0. The van der Waals surface area contributed by atoms with Crippen LogP contribution in [0.4, 0.5) is 0 Å². The van der Waals surface area contributed by atoms with Crippen molar-refractivity contribution >= 4 is 17.9 Å². The number of unbranched alkanes of at least 4 members (excludes halogenated alkanes) is 51. The normalized spacial score (nSPS) is 12.2. The minimum Gasteiger partial charge on any atom is -0.462 e. The zero-order valence-corrected chi connectivity index (χ0v) is 54.8. The molecule has 0 aromatic carbocycles. The van der Waals surface area contributed by atoms with Crippen LogP contribution in [0.25, 0.3) is 0 Å². The van der Waals surface area contributed by atoms with Crippen LogP contribution in [0.1, 0.15) is 406 Å². The second-order valence-electron chi connectivity index (χ2n) is 24.9. The summed E-state index contributed by atoms with van der Waals surface area (Å²) in [6, 6.07) is 0. The molecule has 0 saturated heterocycles. The number of carbonyl (C=O) groups excluding carboxylic acids is 3. The molecular weight excluding hydrogens is 997 g/mol. The van der Waals surface area contributed by atoms with Gasteiger partial charge in [0.1, 0.15) is 13.2 Å². The topological polar surface area (TPSA) is 78.9 Å². The maximum atomic E-state index is 13.0. The zero-order valence-electron chi connectivity index (χ0n) is 54.8. The molecule has 0 amide bonds. The van der Waals surface area contributed by atoms with E-state index in [4.69, 9.17) is 14.2 Å². The summed E-state index contributed by atoms with van der Waals surface area (Å²) in [7, 11) is 0. The largest absolute Gasteiger partial charge is 0.462 e. The Morgan fingerprint density at radius 1 is 0.247 bits per heavy atom. The molecule has 6 nitrogen and oxygen atoms in total. The number of esters is 3. The van der Waals surface area contributed by atoms with Crippen molar-refractivity contribution in [3.05, 3.63) is 36.5 Å². The van der Waals surface area contributed by atoms with Crippen molar-refractivity contribution in [2.45, 2.75) is 412 Å². The fraction of sp³-hybridized carbons (Fsp3) is 0.880. The van der Waals surface area contributed by atoms with Crippen molar-refractivity contribution in [1.29, 1.82) is 0 Å². The van der Waals surface area contributed by atoms with Gasteiger partial charge >= 0.3 is 17.9 Å². The van der Waals surface area contributed by atoms with Gasteiger partial charge in [0.2, 0.25) is 0 Å². The predicted octanol–water partition coefficient (Wildman–Crippen LogP) is 25.1. The quantitative estimate of drug-likeness (QED) is 0.0261. The molecule has 0 spiro atoms. The van der Waals surface area contributed by atoms with E-state index in [1.807, 2.05) is 0 Å². The third-order valence-electron chi connectivity index (χ3n) is 16.6. The number of carbonyl (C=O) groups is 3. The molecule has 0 bridgehead atoms. The summed E-state index contributed by atoms with van der Waals surface area (Å²) in [4.78, 5) is 38.5. The Kier molecular flexibility index (Phi) is 68.1. The summed E-state index contributed by atoms with van der Waals surface area (Å²) in [6.45, 7) is 6.71. The van der Waals surface area contributed by atoms with Crippen LogP contribution in [0.5, 0.6) is 0 Å². The van der Waals surface area contributed by atoms with Crippen molar-refractivity contribution in [3.8, 4) is 0 Å². The fourth-order valence-electron chi connectivity index (χ4n) is 11.2. The molecule has 1 unspecified atom stereocenters. The molecule has 0 N–H and O–H groups in total. The van der Waals surface area contributed by atoms with Crippen molar-refractivity contribution in [2.24, 2.45) is 0 Å². The van der Waals surface area contributed by atoms with Crippen LogP contribution in [0.15, 0.2) is 36.5 Å². The maximum Gasteiger partial charge on any atom is 0.306 e. The SMILES string of the molecule is CCCCCCC/C=C\C/C=C\C/C=C\CCCCCCCCC(=O)OCC(COC(=O)CCCCCCCCCCCCCCCCCCCCCCC)OC(=O)CCCCCCCCCCCCCCCCCCCCCCC. The highest BCUT2D eigenvalue weighted by molar-refractivity contribution is 5.71. The molecule has 0 aliphatic carbocycles. The smallest absolute Gasteiger partial charge is 0.306 e. The molecule has 0 radical (unpaired) electrons. The van der Waals surface area contributed by atoms with Crippen LogP contribution < -0.4 is 0 Å². The maximum absolute atomic E-state index is 13.0. The molecule has 0 rings (SSSR count). The average molecular weight is 1140 g/mol. The van der Waals surface area contributed by atoms with Gasteiger partial charge < -0.3 is 14.2 Å². The molecule has 0 aromatic heterocycles. The number of rotatable bonds is 68. The van der Waals surface area contributed by atoms with Gasteiger partial charge in [-0.05, 0) is 57.8 Å². The van der Waals surface area contributed by atoms with E-state index >= 15 is 0 Å². The van der Waals surface area contributed by atoms with E-state index in [2.05, 4.69) is 57.2 Å². The fourth-order valence-corrected chi connectivity index (χ4v) is 11.2. The Balaban J connectivity index is 4.33. The third kappa shape index (κ3) is 68.3. The van der Waals surface area contributed by atoms with Crippen LogP contribution in [-0.4, -0.2) is 37.2 Å². The van der Waals surface area contributed by atoms with Gasteiger partial charge in [-0.15, -0.1) is 0 Å². The first kappa shape index (κ1) is 78.6. The van der Waals surface area contributed by atoms with Gasteiger partial charge in [0.05, 0.1) is 0 Å². The van der Waals surface area contributed by atoms with E-state index in [0.717, 1.165) is 77.0 Å². The Bertz CT molecular complexity index is 1350. The minimum atomic E-state index is -0.776. The van der Waals surface area contributed by atoms with Crippen LogP contribution in [0, 0.1) is 0 Å². The highest BCUT2D eigenvalue weighted by Gasteiger charge is 2.19. The Labute approximate surface area is 506 Å². The lowest BCUT2D eigenvalue weighted by Gasteiger charge is -2.18. The summed E-state index contributed by atoms with van der Waals surface area (Å²) >= 11 is 0. The molecule has 6 heteroatoms. The van der Waals surface area contributed by atoms with Crippen molar-refractivity contribution in [3.63, 3.8) is 0 Å². The lowest BCUT2D eigenvalue weighted by molar-refractivity contribution is -0.167. The Morgan fingerprint density at radius 2 is 0.444 bits per heavy atom. The van der Waals surface area contributed by atoms with Gasteiger partial charge in [0.25, 0.3) is 0 Å². The molecule has 0 aliphatic rings. The van der Waals surface area contributed by atoms with E-state index in [-0.39, 0.29) is 31.1 Å². The zero-order chi connectivity index (χ0) is 58.5. The lowest BCUT2D eigenvalue weighted by atomic mass is 10.0. The molecule has 476 valence electrons. The third-order valence-corrected chi connectivity index (χ3v) is 16.6. The van der Waals surface area contributed by atoms with Gasteiger partial charge in [-0.3, -0.25) is 14.4 Å². The molecule has 0 aromatic rings. The van der Waals surface area contributed by atoms with E-state index in [9.17, 15) is 14.4 Å². The van der Waals surface area contributed by atoms with E-state index in [1.54, 1.807) is 0 Å². The number of hydrogen-bond acceptors (Lipinski definition) is 6. The number of ether oxygens (including phenoxy) is 3. The van der Waals surface area contributed by atoms with Gasteiger partial charge in [0, 0.05) is 19.3 Å². The van der Waals surface area contributed by atoms with Crippen molar-refractivity contribution < 1.29 is 28.6 Å². The lowest BCUT2D eigenvalue weighted by Crippen LogP contribution is -2.30. The van der Waals surface area contributed by atoms with Crippen LogP contribution in [-0.2, 0) is 28.6 Å². The second kappa shape index (κ2) is 70.1. The first-order chi connectivity index (χ1) is 40.0. The highest BCUT2D eigenvalue weighted by Crippen LogP contribution is 2.19. The first-order valence-corrected chi connectivity index (χ1v) is 36.5. The summed E-state index contributed by atoms with van der Waals surface area (Å²) in [5.41, 5.74) is 0. The van der Waals surface area contributed by atoms with E-state index < -0.39 is 6.10 Å². The monoisotopic (exact) mass is 1140 g/mol. The molecular formula is C75H140O6. The molecule has 81 heavy (non-hydrogen) atoms. The average Bonchev–Trinajstić information content (AvgIpc) is 3.47. The van der Waals surface area contributed by atoms with Crippen molar-refractivity contribution in [1.82, 2.24) is 0 Å². The molecule has 0 heterocycles. The Morgan fingerprint density at radius 3 is 0.691 bits per heavy atom. The minimum absolute atomic E-state index is 0.0702. The number of hydrogen-bond donors (Lipinski definition) is 0. The van der Waals surface area contributed by atoms with Crippen LogP contribution in [0.3, 0.4) is 0 Å². The van der Waals surface area contributed by atoms with Crippen LogP contribution in [0.2, 0.25) is 0 Å². The molecule has 0 fully saturated rings. The molecule has 0 aliphatic heterocycles. The highest BCUT2D eigenvalue weighted by atomic mass is 16.6. The van der Waals surface area contributed by atoms with Gasteiger partial charge in [-0.2, -0.15) is 0 Å². The molecule has 0 saturated carbocycles. The van der Waals surface area contributed by atoms with E-state index in [0.29, 0.717) is 19.3 Å². The van der Waals surface area contributed by atoms with Gasteiger partial charge in [-0.1, -0.05) is 365 Å². The van der Waals surface area contributed by atoms with Gasteiger partial charge in [0.15, 0.2) is 6.10 Å². The standard InChI is InChI=1S/C75H140O6/c1-4-7-10-13-16-19-22-25-28-31-34-37-40-43-46-49-52-55-58-61-64-67-73(76)79-70-72(81-75(78)69-66-63-60-57-54-51-48-45-42-39-36-33-30-27-24-21-18-15-12-9-6-3)71-80-74(77)68-65-62-59-56-53-50-47-44-41-38-35-32-29-26-23-20-17-14-11-8-5-2/h22,25,31,34,40,43,72H,4-21,23-24,26-30,32-33,35-39,41-42,44-71H2,1-3H3/b25-22-,34-31-,43-40-. The number of allylic oxidation sites excluding steroid dienone is 6. The summed E-state index contributed by atoms with van der Waals surface area (Å²) in [6.07, 6.45) is 87.4. The first-order valence-electron chi connectivity index (χ1n) is 36.5. The summed E-state index contributed by atoms with van der Waals surface area (Å²) in [5.74, 6) is -0.849. The molecule has 1 atom stereocenters. The van der Waals surface area contributed by atoms with Crippen molar-refractivity contribution in [2.75, 3.05) is 13.2 Å². The predicted molar refractivity (Wildman–Crippen MR) is 353 cm³/mol. The van der Waals surface area contributed by atoms with Crippen LogP contribution >= 0.6 is 0 Å². The summed E-state index contributed by atoms with van der Waals surface area (Å²) in [5, 5.41) is 0. The van der Waals surface area contributed by atoms with Gasteiger partial charge in [-0.25, -0.2) is 0 Å². The second-order valence-corrected chi connectivity index (χ2v) is 24.9. The Hall–Kier alpha value is -2.37.